The van der Waals surface area contributed by atoms with Crippen LogP contribution in [0.5, 0.6) is 11.5 Å². The second kappa shape index (κ2) is 8.94. The van der Waals surface area contributed by atoms with E-state index >= 15 is 0 Å². The number of aliphatic hydroxyl groups is 1. The van der Waals surface area contributed by atoms with Crippen molar-refractivity contribution < 1.29 is 19.4 Å². The van der Waals surface area contributed by atoms with Crippen LogP contribution in [0, 0.1) is 0 Å². The lowest BCUT2D eigenvalue weighted by Crippen LogP contribution is -2.34. The van der Waals surface area contributed by atoms with Gasteiger partial charge < -0.3 is 25.2 Å². The first-order chi connectivity index (χ1) is 12.0. The summed E-state index contributed by atoms with van der Waals surface area (Å²) in [5.74, 6) is 1.27. The van der Waals surface area contributed by atoms with Gasteiger partial charge in [-0.2, -0.15) is 0 Å². The number of benzene rings is 2. The molecule has 0 radical (unpaired) electrons. The highest BCUT2D eigenvalue weighted by Gasteiger charge is 2.06. The predicted molar refractivity (Wildman–Crippen MR) is 95.7 cm³/mol. The number of amides is 2. The van der Waals surface area contributed by atoms with Crippen molar-refractivity contribution in [3.8, 4) is 11.5 Å². The van der Waals surface area contributed by atoms with Crippen molar-refractivity contribution in [2.45, 2.75) is 26.1 Å². The number of rotatable bonds is 7. The number of carbonyl (C=O) groups excluding carboxylic acids is 1. The highest BCUT2D eigenvalue weighted by atomic mass is 16.5. The second-order valence-corrected chi connectivity index (χ2v) is 5.64. The summed E-state index contributed by atoms with van der Waals surface area (Å²) in [4.78, 5) is 11.9. The summed E-state index contributed by atoms with van der Waals surface area (Å²) in [5.41, 5.74) is 2.72. The number of ether oxygens (including phenoxy) is 2. The van der Waals surface area contributed by atoms with Crippen molar-refractivity contribution in [2.24, 2.45) is 0 Å². The molecule has 0 aliphatic carbocycles. The average molecular weight is 344 g/mol. The minimum absolute atomic E-state index is 0.255. The van der Waals surface area contributed by atoms with Gasteiger partial charge in [0, 0.05) is 13.1 Å². The Bertz CT molecular complexity index is 699. The topological polar surface area (TPSA) is 79.8 Å². The van der Waals surface area contributed by atoms with Crippen molar-refractivity contribution in [3.63, 3.8) is 0 Å². The van der Waals surface area contributed by atoms with E-state index in [1.807, 2.05) is 36.4 Å². The Labute approximate surface area is 147 Å². The van der Waals surface area contributed by atoms with Crippen LogP contribution in [0.2, 0.25) is 0 Å². The van der Waals surface area contributed by atoms with E-state index in [0.717, 1.165) is 16.7 Å². The quantitative estimate of drug-likeness (QED) is 0.721. The monoisotopic (exact) mass is 344 g/mol. The molecule has 0 aromatic heterocycles. The molecule has 0 bridgehead atoms. The third-order valence-corrected chi connectivity index (χ3v) is 3.82. The molecule has 134 valence electrons. The van der Waals surface area contributed by atoms with E-state index < -0.39 is 6.10 Å². The molecule has 0 aliphatic rings. The zero-order chi connectivity index (χ0) is 18.2. The van der Waals surface area contributed by atoms with E-state index in [9.17, 15) is 9.90 Å². The second-order valence-electron chi connectivity index (χ2n) is 5.64. The Balaban J connectivity index is 1.82. The maximum absolute atomic E-state index is 11.9. The van der Waals surface area contributed by atoms with Crippen molar-refractivity contribution >= 4 is 6.03 Å². The lowest BCUT2D eigenvalue weighted by Gasteiger charge is -2.11. The molecule has 0 saturated heterocycles. The summed E-state index contributed by atoms with van der Waals surface area (Å²) in [7, 11) is 3.15. The summed E-state index contributed by atoms with van der Waals surface area (Å²) in [6.45, 7) is 2.51. The van der Waals surface area contributed by atoms with Crippen LogP contribution in [0.3, 0.4) is 0 Å². The fourth-order valence-corrected chi connectivity index (χ4v) is 2.33. The number of hydrogen-bond donors (Lipinski definition) is 3. The summed E-state index contributed by atoms with van der Waals surface area (Å²) in [5, 5.41) is 15.1. The fourth-order valence-electron chi connectivity index (χ4n) is 2.33. The van der Waals surface area contributed by atoms with Crippen molar-refractivity contribution in [2.75, 3.05) is 14.2 Å². The van der Waals surface area contributed by atoms with Crippen LogP contribution in [0.15, 0.2) is 42.5 Å². The van der Waals surface area contributed by atoms with Crippen LogP contribution in [-0.4, -0.2) is 25.4 Å². The van der Waals surface area contributed by atoms with Gasteiger partial charge in [0.1, 0.15) is 0 Å². The van der Waals surface area contributed by atoms with E-state index in [2.05, 4.69) is 10.6 Å². The van der Waals surface area contributed by atoms with E-state index in [0.29, 0.717) is 24.6 Å². The Hall–Kier alpha value is -2.73. The summed E-state index contributed by atoms with van der Waals surface area (Å²) >= 11 is 0. The normalized spacial score (nSPS) is 11.5. The molecule has 2 aromatic carbocycles. The maximum Gasteiger partial charge on any atom is 0.315 e. The number of carbonyl (C=O) groups is 1. The molecule has 0 fully saturated rings. The molecular weight excluding hydrogens is 320 g/mol. The van der Waals surface area contributed by atoms with E-state index in [1.54, 1.807) is 27.2 Å². The molecule has 0 heterocycles. The first-order valence-electron chi connectivity index (χ1n) is 8.03. The van der Waals surface area contributed by atoms with E-state index in [-0.39, 0.29) is 6.03 Å². The molecule has 3 N–H and O–H groups in total. The minimum atomic E-state index is -0.494. The Morgan fingerprint density at radius 1 is 0.960 bits per heavy atom. The van der Waals surface area contributed by atoms with Gasteiger partial charge >= 0.3 is 6.03 Å². The van der Waals surface area contributed by atoms with Gasteiger partial charge in [0.05, 0.1) is 20.3 Å². The molecule has 25 heavy (non-hydrogen) atoms. The van der Waals surface area contributed by atoms with Crippen molar-refractivity contribution in [1.29, 1.82) is 0 Å². The van der Waals surface area contributed by atoms with Crippen LogP contribution in [0.4, 0.5) is 4.79 Å². The highest BCUT2D eigenvalue weighted by molar-refractivity contribution is 5.73. The van der Waals surface area contributed by atoms with Gasteiger partial charge in [0.15, 0.2) is 11.5 Å². The Morgan fingerprint density at radius 2 is 1.52 bits per heavy atom. The summed E-state index contributed by atoms with van der Waals surface area (Å²) in [6.07, 6.45) is -0.494. The number of aliphatic hydroxyl groups excluding tert-OH is 1. The van der Waals surface area contributed by atoms with Crippen LogP contribution in [0.25, 0.3) is 0 Å². The van der Waals surface area contributed by atoms with E-state index in [1.165, 1.54) is 0 Å². The molecule has 0 aliphatic heterocycles. The Morgan fingerprint density at radius 3 is 2.08 bits per heavy atom. The SMILES string of the molecule is COc1ccc(CNC(=O)NCc2ccc([C@@H](C)O)cc2)cc1OC. The first kappa shape index (κ1) is 18.6. The van der Waals surface area contributed by atoms with Crippen LogP contribution in [-0.2, 0) is 13.1 Å². The summed E-state index contributed by atoms with van der Waals surface area (Å²) in [6, 6.07) is 12.7. The third kappa shape index (κ3) is 5.39. The Kier molecular flexibility index (Phi) is 6.65. The van der Waals surface area contributed by atoms with Gasteiger partial charge in [-0.25, -0.2) is 4.79 Å². The lowest BCUT2D eigenvalue weighted by atomic mass is 10.1. The molecule has 0 spiro atoms. The summed E-state index contributed by atoms with van der Waals surface area (Å²) < 4.78 is 10.4. The van der Waals surface area contributed by atoms with Crippen molar-refractivity contribution in [1.82, 2.24) is 10.6 Å². The van der Waals surface area contributed by atoms with Gasteiger partial charge in [-0.05, 0) is 35.7 Å². The molecule has 1 atom stereocenters. The fraction of sp³-hybridized carbons (Fsp3) is 0.316. The molecule has 6 nitrogen and oxygen atoms in total. The van der Waals surface area contributed by atoms with Gasteiger partial charge in [-0.3, -0.25) is 0 Å². The number of nitrogens with one attached hydrogen (secondary N) is 2. The molecule has 2 rings (SSSR count). The molecule has 0 unspecified atom stereocenters. The third-order valence-electron chi connectivity index (χ3n) is 3.82. The van der Waals surface area contributed by atoms with Gasteiger partial charge in [0.2, 0.25) is 0 Å². The van der Waals surface area contributed by atoms with Gasteiger partial charge in [0.25, 0.3) is 0 Å². The predicted octanol–water partition coefficient (Wildman–Crippen LogP) is 2.76. The van der Waals surface area contributed by atoms with E-state index in [4.69, 9.17) is 9.47 Å². The van der Waals surface area contributed by atoms with Crippen LogP contribution >= 0.6 is 0 Å². The first-order valence-corrected chi connectivity index (χ1v) is 8.03. The van der Waals surface area contributed by atoms with Crippen LogP contribution < -0.4 is 20.1 Å². The zero-order valence-corrected chi connectivity index (χ0v) is 14.7. The van der Waals surface area contributed by atoms with Crippen LogP contribution in [0.1, 0.15) is 29.7 Å². The molecule has 2 aromatic rings. The minimum Gasteiger partial charge on any atom is -0.493 e. The standard InChI is InChI=1S/C19H24N2O4/c1-13(22)16-7-4-14(5-8-16)11-20-19(23)21-12-15-6-9-17(24-2)18(10-15)25-3/h4-10,13,22H,11-12H2,1-3H3,(H2,20,21,23)/t13-/m1/s1. The van der Waals surface area contributed by atoms with Crippen molar-refractivity contribution in [3.05, 3.63) is 59.2 Å². The number of hydrogen-bond acceptors (Lipinski definition) is 4. The smallest absolute Gasteiger partial charge is 0.315 e. The highest BCUT2D eigenvalue weighted by Crippen LogP contribution is 2.27. The largest absolute Gasteiger partial charge is 0.493 e. The van der Waals surface area contributed by atoms with Gasteiger partial charge in [-0.1, -0.05) is 30.3 Å². The maximum atomic E-state index is 11.9. The number of methoxy groups -OCH3 is 2. The lowest BCUT2D eigenvalue weighted by molar-refractivity contribution is 0.199. The average Bonchev–Trinajstić information content (AvgIpc) is 2.64. The molecule has 0 saturated carbocycles. The molecule has 2 amide bonds. The number of urea groups is 1. The van der Waals surface area contributed by atoms with Gasteiger partial charge in [-0.15, -0.1) is 0 Å². The zero-order valence-electron chi connectivity index (χ0n) is 14.7. The molecule has 6 heteroatoms. The molecular formula is C19H24N2O4.